The Bertz CT molecular complexity index is 299. The molecule has 1 aliphatic carbocycles. The number of hydrogen-bond acceptors (Lipinski definition) is 3. The summed E-state index contributed by atoms with van der Waals surface area (Å²) in [4.78, 5) is 8.41. The number of rotatable bonds is 3. The first-order valence-corrected chi connectivity index (χ1v) is 5.77. The van der Waals surface area contributed by atoms with Gasteiger partial charge < -0.3 is 5.32 Å². The standard InChI is InChI=1S/C12H19N3/c1-9-3-4-11(7-9)15-10(2)12-8-13-5-6-14-12/h5-6,8-11,15H,3-4,7H2,1-2H3. The summed E-state index contributed by atoms with van der Waals surface area (Å²) in [6.07, 6.45) is 9.26. The van der Waals surface area contributed by atoms with Gasteiger partial charge in [0.05, 0.1) is 5.69 Å². The van der Waals surface area contributed by atoms with Crippen LogP contribution in [0.4, 0.5) is 0 Å². The molecule has 0 amide bonds. The van der Waals surface area contributed by atoms with Gasteiger partial charge in [-0.05, 0) is 32.1 Å². The van der Waals surface area contributed by atoms with Crippen molar-refractivity contribution in [3.05, 3.63) is 24.3 Å². The van der Waals surface area contributed by atoms with Gasteiger partial charge in [-0.15, -0.1) is 0 Å². The maximum Gasteiger partial charge on any atom is 0.0753 e. The third kappa shape index (κ3) is 2.75. The minimum absolute atomic E-state index is 0.314. The molecule has 0 bridgehead atoms. The van der Waals surface area contributed by atoms with E-state index in [4.69, 9.17) is 0 Å². The van der Waals surface area contributed by atoms with Crippen LogP contribution in [0.25, 0.3) is 0 Å². The third-order valence-electron chi connectivity index (χ3n) is 3.21. The topological polar surface area (TPSA) is 37.8 Å². The summed E-state index contributed by atoms with van der Waals surface area (Å²) in [6.45, 7) is 4.49. The second kappa shape index (κ2) is 4.71. The highest BCUT2D eigenvalue weighted by Crippen LogP contribution is 2.26. The molecule has 1 aromatic rings. The normalized spacial score (nSPS) is 27.9. The third-order valence-corrected chi connectivity index (χ3v) is 3.21. The molecule has 1 aliphatic rings. The van der Waals surface area contributed by atoms with Crippen LogP contribution in [-0.2, 0) is 0 Å². The zero-order chi connectivity index (χ0) is 10.7. The van der Waals surface area contributed by atoms with Crippen molar-refractivity contribution in [2.24, 2.45) is 5.92 Å². The Morgan fingerprint density at radius 1 is 1.40 bits per heavy atom. The largest absolute Gasteiger partial charge is 0.306 e. The van der Waals surface area contributed by atoms with Gasteiger partial charge in [-0.1, -0.05) is 6.92 Å². The van der Waals surface area contributed by atoms with Crippen LogP contribution in [0.1, 0.15) is 44.8 Å². The van der Waals surface area contributed by atoms with E-state index in [0.717, 1.165) is 11.6 Å². The lowest BCUT2D eigenvalue weighted by atomic mass is 10.1. The second-order valence-electron chi connectivity index (χ2n) is 4.63. The molecular formula is C12H19N3. The summed E-state index contributed by atoms with van der Waals surface area (Å²) in [7, 11) is 0. The predicted molar refractivity (Wildman–Crippen MR) is 60.4 cm³/mol. The molecule has 3 nitrogen and oxygen atoms in total. The van der Waals surface area contributed by atoms with E-state index < -0.39 is 0 Å². The number of aromatic nitrogens is 2. The van der Waals surface area contributed by atoms with E-state index in [1.165, 1.54) is 19.3 Å². The van der Waals surface area contributed by atoms with Crippen molar-refractivity contribution in [2.75, 3.05) is 0 Å². The van der Waals surface area contributed by atoms with Crippen LogP contribution < -0.4 is 5.32 Å². The lowest BCUT2D eigenvalue weighted by Crippen LogP contribution is -2.29. The zero-order valence-corrected chi connectivity index (χ0v) is 9.48. The molecule has 0 saturated heterocycles. The molecule has 3 atom stereocenters. The van der Waals surface area contributed by atoms with Crippen molar-refractivity contribution < 1.29 is 0 Å². The Labute approximate surface area is 91.3 Å². The quantitative estimate of drug-likeness (QED) is 0.823. The van der Waals surface area contributed by atoms with Crippen LogP contribution in [0.3, 0.4) is 0 Å². The first kappa shape index (κ1) is 10.6. The summed E-state index contributed by atoms with van der Waals surface area (Å²) >= 11 is 0. The van der Waals surface area contributed by atoms with E-state index in [1.54, 1.807) is 12.4 Å². The van der Waals surface area contributed by atoms with Gasteiger partial charge in [0.1, 0.15) is 0 Å². The second-order valence-corrected chi connectivity index (χ2v) is 4.63. The van der Waals surface area contributed by atoms with Gasteiger partial charge in [-0.25, -0.2) is 0 Å². The molecule has 82 valence electrons. The average Bonchev–Trinajstić information content (AvgIpc) is 2.65. The molecular weight excluding hydrogens is 186 g/mol. The highest BCUT2D eigenvalue weighted by atomic mass is 15.0. The Balaban J connectivity index is 1.90. The van der Waals surface area contributed by atoms with E-state index in [9.17, 15) is 0 Å². The fourth-order valence-electron chi connectivity index (χ4n) is 2.33. The summed E-state index contributed by atoms with van der Waals surface area (Å²) in [6, 6.07) is 0.978. The van der Waals surface area contributed by atoms with Gasteiger partial charge in [0.15, 0.2) is 0 Å². The lowest BCUT2D eigenvalue weighted by Gasteiger charge is -2.18. The van der Waals surface area contributed by atoms with Crippen molar-refractivity contribution in [1.82, 2.24) is 15.3 Å². The Morgan fingerprint density at radius 3 is 2.87 bits per heavy atom. The molecule has 1 aromatic heterocycles. The van der Waals surface area contributed by atoms with Crippen LogP contribution in [0.15, 0.2) is 18.6 Å². The maximum atomic E-state index is 4.31. The summed E-state index contributed by atoms with van der Waals surface area (Å²) in [5.74, 6) is 0.872. The van der Waals surface area contributed by atoms with Gasteiger partial charge in [0.2, 0.25) is 0 Å². The van der Waals surface area contributed by atoms with Gasteiger partial charge >= 0.3 is 0 Å². The fourth-order valence-corrected chi connectivity index (χ4v) is 2.33. The highest BCUT2D eigenvalue weighted by molar-refractivity contribution is 5.01. The molecule has 0 aliphatic heterocycles. The average molecular weight is 205 g/mol. The fraction of sp³-hybridized carbons (Fsp3) is 0.667. The van der Waals surface area contributed by atoms with E-state index in [1.807, 2.05) is 6.20 Å². The Kier molecular flexibility index (Phi) is 3.31. The van der Waals surface area contributed by atoms with E-state index in [-0.39, 0.29) is 0 Å². The van der Waals surface area contributed by atoms with Crippen LogP contribution in [-0.4, -0.2) is 16.0 Å². The maximum absolute atomic E-state index is 4.31. The molecule has 1 saturated carbocycles. The lowest BCUT2D eigenvalue weighted by molar-refractivity contribution is 0.442. The van der Waals surface area contributed by atoms with Crippen molar-refractivity contribution >= 4 is 0 Å². The molecule has 3 heteroatoms. The van der Waals surface area contributed by atoms with Crippen LogP contribution in [0.2, 0.25) is 0 Å². The van der Waals surface area contributed by atoms with Crippen molar-refractivity contribution in [3.8, 4) is 0 Å². The van der Waals surface area contributed by atoms with E-state index in [0.29, 0.717) is 12.1 Å². The zero-order valence-electron chi connectivity index (χ0n) is 9.48. The molecule has 0 aromatic carbocycles. The first-order chi connectivity index (χ1) is 7.25. The van der Waals surface area contributed by atoms with E-state index in [2.05, 4.69) is 29.1 Å². The summed E-state index contributed by atoms with van der Waals surface area (Å²) in [5.41, 5.74) is 1.04. The van der Waals surface area contributed by atoms with Gasteiger partial charge in [0.25, 0.3) is 0 Å². The van der Waals surface area contributed by atoms with Gasteiger partial charge in [-0.3, -0.25) is 9.97 Å². The Hall–Kier alpha value is -0.960. The van der Waals surface area contributed by atoms with Gasteiger partial charge in [0, 0.05) is 30.7 Å². The van der Waals surface area contributed by atoms with Crippen LogP contribution in [0.5, 0.6) is 0 Å². The van der Waals surface area contributed by atoms with Crippen LogP contribution in [0, 0.1) is 5.92 Å². The molecule has 1 fully saturated rings. The molecule has 0 radical (unpaired) electrons. The SMILES string of the molecule is CC1CCC(NC(C)c2cnccn2)C1. The number of hydrogen-bond donors (Lipinski definition) is 1. The molecule has 3 unspecified atom stereocenters. The van der Waals surface area contributed by atoms with Crippen molar-refractivity contribution in [1.29, 1.82) is 0 Å². The van der Waals surface area contributed by atoms with E-state index >= 15 is 0 Å². The molecule has 1 N–H and O–H groups in total. The number of nitrogens with zero attached hydrogens (tertiary/aromatic N) is 2. The molecule has 1 heterocycles. The summed E-state index contributed by atoms with van der Waals surface area (Å²) < 4.78 is 0. The molecule has 0 spiro atoms. The van der Waals surface area contributed by atoms with Crippen molar-refractivity contribution in [3.63, 3.8) is 0 Å². The monoisotopic (exact) mass is 205 g/mol. The van der Waals surface area contributed by atoms with Crippen LogP contribution >= 0.6 is 0 Å². The predicted octanol–water partition coefficient (Wildman–Crippen LogP) is 2.32. The minimum atomic E-state index is 0.314. The van der Waals surface area contributed by atoms with Crippen molar-refractivity contribution in [2.45, 2.75) is 45.2 Å². The minimum Gasteiger partial charge on any atom is -0.306 e. The molecule has 2 rings (SSSR count). The summed E-state index contributed by atoms with van der Waals surface area (Å²) in [5, 5.41) is 3.62. The highest BCUT2D eigenvalue weighted by Gasteiger charge is 2.22. The first-order valence-electron chi connectivity index (χ1n) is 5.77. The number of nitrogens with one attached hydrogen (secondary N) is 1. The van der Waals surface area contributed by atoms with Gasteiger partial charge in [-0.2, -0.15) is 0 Å². The molecule has 15 heavy (non-hydrogen) atoms. The Morgan fingerprint density at radius 2 is 2.27 bits per heavy atom. The smallest absolute Gasteiger partial charge is 0.0753 e.